The molecule has 0 aliphatic carbocycles. The van der Waals surface area contributed by atoms with Crippen LogP contribution in [0.25, 0.3) is 0 Å². The summed E-state index contributed by atoms with van der Waals surface area (Å²) >= 11 is 0. The molecule has 0 spiro atoms. The summed E-state index contributed by atoms with van der Waals surface area (Å²) in [6, 6.07) is 16.6. The standard InChI is InChI=1S/C22H30N2O4S/c1-23(2)15-20-16-24(29(26,27)17-18-8-5-4-6-9-18)13-12-22(20,25)19-10-7-11-21(14-19)28-3/h4-11,14,20,25H,12-13,15-17H2,1-3H3. The van der Waals surface area contributed by atoms with Gasteiger partial charge in [0.1, 0.15) is 5.75 Å². The lowest BCUT2D eigenvalue weighted by Crippen LogP contribution is -2.54. The third kappa shape index (κ3) is 4.98. The van der Waals surface area contributed by atoms with E-state index in [0.717, 1.165) is 11.1 Å². The molecule has 1 saturated heterocycles. The molecule has 2 atom stereocenters. The number of ether oxygens (including phenoxy) is 1. The molecule has 0 aromatic heterocycles. The van der Waals surface area contributed by atoms with Crippen LogP contribution in [0, 0.1) is 5.92 Å². The zero-order valence-electron chi connectivity index (χ0n) is 17.3. The van der Waals surface area contributed by atoms with Gasteiger partial charge >= 0.3 is 0 Å². The number of rotatable bonds is 7. The molecule has 0 radical (unpaired) electrons. The van der Waals surface area contributed by atoms with Gasteiger partial charge in [-0.25, -0.2) is 12.7 Å². The predicted octanol–water partition coefficient (Wildman–Crippen LogP) is 2.30. The average Bonchev–Trinajstić information content (AvgIpc) is 2.69. The summed E-state index contributed by atoms with van der Waals surface area (Å²) in [6.07, 6.45) is 0.340. The molecule has 3 rings (SSSR count). The number of methoxy groups -OCH3 is 1. The van der Waals surface area contributed by atoms with E-state index in [1.54, 1.807) is 7.11 Å². The lowest BCUT2D eigenvalue weighted by Gasteiger charge is -2.45. The SMILES string of the molecule is COc1cccc(C2(O)CCN(S(=O)(=O)Cc3ccccc3)CC2CN(C)C)c1. The molecule has 2 unspecified atom stereocenters. The van der Waals surface area contributed by atoms with E-state index in [0.29, 0.717) is 18.7 Å². The number of piperidine rings is 1. The number of hydrogen-bond donors (Lipinski definition) is 1. The largest absolute Gasteiger partial charge is 0.497 e. The van der Waals surface area contributed by atoms with Crippen LogP contribution in [0.5, 0.6) is 5.75 Å². The van der Waals surface area contributed by atoms with Crippen molar-refractivity contribution in [1.82, 2.24) is 9.21 Å². The Morgan fingerprint density at radius 2 is 1.90 bits per heavy atom. The van der Waals surface area contributed by atoms with E-state index in [9.17, 15) is 13.5 Å². The van der Waals surface area contributed by atoms with Crippen molar-refractivity contribution in [2.45, 2.75) is 17.8 Å². The van der Waals surface area contributed by atoms with Crippen LogP contribution in [0.3, 0.4) is 0 Å². The molecule has 1 fully saturated rings. The number of hydrogen-bond acceptors (Lipinski definition) is 5. The number of benzene rings is 2. The molecule has 2 aromatic rings. The van der Waals surface area contributed by atoms with Gasteiger partial charge in [-0.3, -0.25) is 0 Å². The summed E-state index contributed by atoms with van der Waals surface area (Å²) in [5, 5.41) is 11.6. The zero-order chi connectivity index (χ0) is 21.1. The number of nitrogens with zero attached hydrogens (tertiary/aromatic N) is 2. The van der Waals surface area contributed by atoms with Gasteiger partial charge in [0.15, 0.2) is 0 Å². The first kappa shape index (κ1) is 21.8. The summed E-state index contributed by atoms with van der Waals surface area (Å²) in [6.45, 7) is 1.14. The monoisotopic (exact) mass is 418 g/mol. The second kappa shape index (κ2) is 8.83. The smallest absolute Gasteiger partial charge is 0.218 e. The molecule has 6 nitrogen and oxygen atoms in total. The van der Waals surface area contributed by atoms with Crippen LogP contribution < -0.4 is 4.74 Å². The number of sulfonamides is 1. The Hall–Kier alpha value is -1.93. The van der Waals surface area contributed by atoms with Crippen LogP contribution in [-0.4, -0.2) is 63.6 Å². The van der Waals surface area contributed by atoms with Gasteiger partial charge in [-0.2, -0.15) is 0 Å². The van der Waals surface area contributed by atoms with E-state index in [-0.39, 0.29) is 24.8 Å². The Balaban J connectivity index is 1.86. The van der Waals surface area contributed by atoms with Gasteiger partial charge in [-0.15, -0.1) is 0 Å². The van der Waals surface area contributed by atoms with E-state index in [1.165, 1.54) is 4.31 Å². The maximum Gasteiger partial charge on any atom is 0.218 e. The van der Waals surface area contributed by atoms with Crippen molar-refractivity contribution in [3.63, 3.8) is 0 Å². The Morgan fingerprint density at radius 1 is 1.17 bits per heavy atom. The molecule has 1 N–H and O–H groups in total. The third-order valence-corrected chi connectivity index (χ3v) is 7.40. The summed E-state index contributed by atoms with van der Waals surface area (Å²) in [4.78, 5) is 1.99. The first-order valence-corrected chi connectivity index (χ1v) is 11.4. The lowest BCUT2D eigenvalue weighted by molar-refractivity contribution is -0.0698. The highest BCUT2D eigenvalue weighted by atomic mass is 32.2. The first-order valence-electron chi connectivity index (χ1n) is 9.78. The summed E-state index contributed by atoms with van der Waals surface area (Å²) in [5.74, 6) is 0.391. The molecular formula is C22H30N2O4S. The van der Waals surface area contributed by atoms with Crippen molar-refractivity contribution < 1.29 is 18.3 Å². The summed E-state index contributed by atoms with van der Waals surface area (Å²) in [5.41, 5.74) is 0.423. The predicted molar refractivity (Wildman–Crippen MR) is 114 cm³/mol. The fourth-order valence-electron chi connectivity index (χ4n) is 4.04. The van der Waals surface area contributed by atoms with Crippen molar-refractivity contribution in [2.75, 3.05) is 40.8 Å². The van der Waals surface area contributed by atoms with Crippen LogP contribution >= 0.6 is 0 Å². The minimum absolute atomic E-state index is 0.0277. The van der Waals surface area contributed by atoms with Crippen LogP contribution in [-0.2, 0) is 21.4 Å². The fourth-order valence-corrected chi connectivity index (χ4v) is 5.61. The summed E-state index contributed by atoms with van der Waals surface area (Å²) in [7, 11) is 1.99. The normalized spacial score (nSPS) is 23.3. The Kier molecular flexibility index (Phi) is 6.63. The highest BCUT2D eigenvalue weighted by Crippen LogP contribution is 2.40. The van der Waals surface area contributed by atoms with Crippen LogP contribution in [0.15, 0.2) is 54.6 Å². The maximum absolute atomic E-state index is 13.0. The Labute approximate surface area is 173 Å². The van der Waals surface area contributed by atoms with Crippen LogP contribution in [0.4, 0.5) is 0 Å². The zero-order valence-corrected chi connectivity index (χ0v) is 18.1. The number of aliphatic hydroxyl groups is 1. The van der Waals surface area contributed by atoms with Crippen molar-refractivity contribution in [3.05, 3.63) is 65.7 Å². The molecule has 7 heteroatoms. The van der Waals surface area contributed by atoms with E-state index < -0.39 is 15.6 Å². The first-order chi connectivity index (χ1) is 13.7. The van der Waals surface area contributed by atoms with E-state index in [4.69, 9.17) is 4.74 Å². The van der Waals surface area contributed by atoms with Crippen molar-refractivity contribution in [3.8, 4) is 5.75 Å². The Morgan fingerprint density at radius 3 is 2.55 bits per heavy atom. The Bertz CT molecular complexity index is 917. The van der Waals surface area contributed by atoms with Crippen molar-refractivity contribution in [1.29, 1.82) is 0 Å². The highest BCUT2D eigenvalue weighted by Gasteiger charge is 2.45. The van der Waals surface area contributed by atoms with Crippen LogP contribution in [0.2, 0.25) is 0 Å². The molecule has 1 heterocycles. The topological polar surface area (TPSA) is 70.1 Å². The van der Waals surface area contributed by atoms with Crippen molar-refractivity contribution in [2.24, 2.45) is 5.92 Å². The van der Waals surface area contributed by atoms with Crippen molar-refractivity contribution >= 4 is 10.0 Å². The second-order valence-electron chi connectivity index (χ2n) is 7.97. The maximum atomic E-state index is 13.0. The molecule has 0 saturated carbocycles. The highest BCUT2D eigenvalue weighted by molar-refractivity contribution is 7.88. The van der Waals surface area contributed by atoms with Gasteiger partial charge < -0.3 is 14.7 Å². The van der Waals surface area contributed by atoms with E-state index in [1.807, 2.05) is 73.6 Å². The van der Waals surface area contributed by atoms with Gasteiger partial charge in [0.25, 0.3) is 0 Å². The molecule has 2 aromatic carbocycles. The van der Waals surface area contributed by atoms with Gasteiger partial charge in [0, 0.05) is 25.6 Å². The molecule has 1 aliphatic heterocycles. The van der Waals surface area contributed by atoms with Gasteiger partial charge in [0.05, 0.1) is 18.5 Å². The molecule has 29 heavy (non-hydrogen) atoms. The van der Waals surface area contributed by atoms with Gasteiger partial charge in [-0.05, 0) is 43.8 Å². The third-order valence-electron chi connectivity index (χ3n) is 5.58. The van der Waals surface area contributed by atoms with E-state index in [2.05, 4.69) is 0 Å². The van der Waals surface area contributed by atoms with Gasteiger partial charge in [-0.1, -0.05) is 42.5 Å². The second-order valence-corrected chi connectivity index (χ2v) is 9.93. The lowest BCUT2D eigenvalue weighted by atomic mass is 9.76. The molecular weight excluding hydrogens is 388 g/mol. The van der Waals surface area contributed by atoms with Crippen LogP contribution in [0.1, 0.15) is 17.5 Å². The molecule has 1 aliphatic rings. The molecule has 158 valence electrons. The van der Waals surface area contributed by atoms with Gasteiger partial charge in [0.2, 0.25) is 10.0 Å². The summed E-state index contributed by atoms with van der Waals surface area (Å²) < 4.78 is 32.9. The van der Waals surface area contributed by atoms with E-state index >= 15 is 0 Å². The quantitative estimate of drug-likeness (QED) is 0.747. The minimum Gasteiger partial charge on any atom is -0.497 e. The molecule has 0 bridgehead atoms. The average molecular weight is 419 g/mol. The minimum atomic E-state index is -3.47. The molecule has 0 amide bonds. The fraction of sp³-hybridized carbons (Fsp3) is 0.455.